The Morgan fingerprint density at radius 3 is 2.67 bits per heavy atom. The summed E-state index contributed by atoms with van der Waals surface area (Å²) in [4.78, 5) is 0. The lowest BCUT2D eigenvalue weighted by molar-refractivity contribution is 0.680. The highest BCUT2D eigenvalue weighted by Crippen LogP contribution is 2.13. The van der Waals surface area contributed by atoms with Crippen LogP contribution in [0.4, 0.5) is 0 Å². The number of hydrogen-bond acceptors (Lipinski definition) is 1. The highest BCUT2D eigenvalue weighted by atomic mass is 35.5. The molecule has 15 heavy (non-hydrogen) atoms. The molecule has 0 atom stereocenters. The lowest BCUT2D eigenvalue weighted by atomic mass is 10.1. The molecule has 3 heteroatoms. The number of aryl methyl sites for hydroxylation is 2. The summed E-state index contributed by atoms with van der Waals surface area (Å²) in [5, 5.41) is 5.01. The second kappa shape index (κ2) is 4.07. The molecule has 2 aromatic rings. The summed E-state index contributed by atoms with van der Waals surface area (Å²) < 4.78 is 1.81. The van der Waals surface area contributed by atoms with Gasteiger partial charge in [0.25, 0.3) is 0 Å². The van der Waals surface area contributed by atoms with E-state index in [0.29, 0.717) is 5.15 Å². The van der Waals surface area contributed by atoms with Crippen molar-refractivity contribution >= 4 is 11.6 Å². The lowest BCUT2D eigenvalue weighted by Gasteiger charge is -2.04. The van der Waals surface area contributed by atoms with E-state index in [0.717, 1.165) is 12.2 Å². The zero-order chi connectivity index (χ0) is 10.8. The van der Waals surface area contributed by atoms with Crippen LogP contribution in [0.5, 0.6) is 0 Å². The highest BCUT2D eigenvalue weighted by molar-refractivity contribution is 6.29. The largest absolute Gasteiger partial charge is 0.249 e. The molecule has 0 bridgehead atoms. The van der Waals surface area contributed by atoms with Gasteiger partial charge in [-0.05, 0) is 25.5 Å². The van der Waals surface area contributed by atoms with Gasteiger partial charge in [0.1, 0.15) is 5.15 Å². The summed E-state index contributed by atoms with van der Waals surface area (Å²) in [5.74, 6) is 0. The number of aromatic nitrogens is 2. The average molecular weight is 221 g/mol. The molecule has 0 amide bonds. The van der Waals surface area contributed by atoms with Crippen LogP contribution in [0.15, 0.2) is 30.3 Å². The predicted molar refractivity (Wildman–Crippen MR) is 62.3 cm³/mol. The van der Waals surface area contributed by atoms with Crippen molar-refractivity contribution in [3.05, 3.63) is 52.3 Å². The predicted octanol–water partition coefficient (Wildman–Crippen LogP) is 3.20. The Morgan fingerprint density at radius 1 is 1.27 bits per heavy atom. The maximum atomic E-state index is 6.04. The number of hydrogen-bond donors (Lipinski definition) is 0. The van der Waals surface area contributed by atoms with Crippen LogP contribution in [-0.4, -0.2) is 9.78 Å². The van der Waals surface area contributed by atoms with Gasteiger partial charge in [-0.1, -0.05) is 41.4 Å². The summed E-state index contributed by atoms with van der Waals surface area (Å²) in [6.45, 7) is 4.76. The van der Waals surface area contributed by atoms with Gasteiger partial charge in [-0.15, -0.1) is 0 Å². The van der Waals surface area contributed by atoms with Crippen molar-refractivity contribution in [3.8, 4) is 0 Å². The molecule has 0 spiro atoms. The fourth-order valence-corrected chi connectivity index (χ4v) is 1.86. The third-order valence-corrected chi connectivity index (χ3v) is 2.57. The van der Waals surface area contributed by atoms with E-state index in [9.17, 15) is 0 Å². The Bertz CT molecular complexity index is 474. The molecule has 0 saturated heterocycles. The second-order valence-electron chi connectivity index (χ2n) is 3.76. The standard InChI is InChI=1S/C12H13ClN2/c1-9-4-3-5-11(6-9)8-15-12(13)7-10(2)14-15/h3-7H,8H2,1-2H3. The fraction of sp³-hybridized carbons (Fsp3) is 0.250. The van der Waals surface area contributed by atoms with Gasteiger partial charge in [-0.3, -0.25) is 0 Å². The van der Waals surface area contributed by atoms with Crippen molar-refractivity contribution in [2.45, 2.75) is 20.4 Å². The molecule has 2 rings (SSSR count). The number of halogens is 1. The van der Waals surface area contributed by atoms with E-state index in [1.165, 1.54) is 11.1 Å². The van der Waals surface area contributed by atoms with Crippen molar-refractivity contribution in [2.75, 3.05) is 0 Å². The molecule has 1 heterocycles. The van der Waals surface area contributed by atoms with E-state index >= 15 is 0 Å². The summed E-state index contributed by atoms with van der Waals surface area (Å²) in [6, 6.07) is 10.2. The molecule has 0 aliphatic carbocycles. The molecule has 78 valence electrons. The zero-order valence-corrected chi connectivity index (χ0v) is 9.62. The second-order valence-corrected chi connectivity index (χ2v) is 4.14. The van der Waals surface area contributed by atoms with E-state index in [1.54, 1.807) is 0 Å². The lowest BCUT2D eigenvalue weighted by Crippen LogP contribution is -2.02. The molecular formula is C12H13ClN2. The Morgan fingerprint density at radius 2 is 2.07 bits per heavy atom. The summed E-state index contributed by atoms with van der Waals surface area (Å²) in [6.07, 6.45) is 0. The molecule has 0 unspecified atom stereocenters. The molecule has 2 nitrogen and oxygen atoms in total. The first-order chi connectivity index (χ1) is 7.15. The molecule has 0 saturated carbocycles. The van der Waals surface area contributed by atoms with Gasteiger partial charge in [0.15, 0.2) is 0 Å². The quantitative estimate of drug-likeness (QED) is 0.760. The minimum Gasteiger partial charge on any atom is -0.249 e. The zero-order valence-electron chi connectivity index (χ0n) is 8.87. The van der Waals surface area contributed by atoms with Gasteiger partial charge >= 0.3 is 0 Å². The fourth-order valence-electron chi connectivity index (χ4n) is 1.61. The van der Waals surface area contributed by atoms with E-state index in [4.69, 9.17) is 11.6 Å². The van der Waals surface area contributed by atoms with Crippen LogP contribution < -0.4 is 0 Å². The summed E-state index contributed by atoms with van der Waals surface area (Å²) in [7, 11) is 0. The van der Waals surface area contributed by atoms with Crippen LogP contribution >= 0.6 is 11.6 Å². The third kappa shape index (κ3) is 2.39. The molecule has 0 aliphatic heterocycles. The van der Waals surface area contributed by atoms with Crippen molar-refractivity contribution in [1.82, 2.24) is 9.78 Å². The first-order valence-corrected chi connectivity index (χ1v) is 5.28. The molecular weight excluding hydrogens is 208 g/mol. The molecule has 1 aromatic carbocycles. The normalized spacial score (nSPS) is 10.6. The minimum absolute atomic E-state index is 0.689. The van der Waals surface area contributed by atoms with E-state index in [-0.39, 0.29) is 0 Å². The van der Waals surface area contributed by atoms with Crippen molar-refractivity contribution in [1.29, 1.82) is 0 Å². The Labute approximate surface area is 94.5 Å². The van der Waals surface area contributed by atoms with Crippen LogP contribution in [0, 0.1) is 13.8 Å². The van der Waals surface area contributed by atoms with Gasteiger partial charge < -0.3 is 0 Å². The van der Waals surface area contributed by atoms with Crippen LogP contribution in [0.2, 0.25) is 5.15 Å². The van der Waals surface area contributed by atoms with Gasteiger partial charge in [0, 0.05) is 0 Å². The molecule has 0 aliphatic rings. The number of rotatable bonds is 2. The van der Waals surface area contributed by atoms with Crippen LogP contribution in [-0.2, 0) is 6.54 Å². The average Bonchev–Trinajstić information content (AvgIpc) is 2.45. The maximum Gasteiger partial charge on any atom is 0.127 e. The molecule has 0 radical (unpaired) electrons. The van der Waals surface area contributed by atoms with Crippen molar-refractivity contribution in [2.24, 2.45) is 0 Å². The van der Waals surface area contributed by atoms with Gasteiger partial charge in [-0.25, -0.2) is 4.68 Å². The monoisotopic (exact) mass is 220 g/mol. The topological polar surface area (TPSA) is 17.8 Å². The minimum atomic E-state index is 0.689. The first kappa shape index (κ1) is 10.2. The van der Waals surface area contributed by atoms with E-state index in [2.05, 4.69) is 36.3 Å². The Balaban J connectivity index is 2.25. The smallest absolute Gasteiger partial charge is 0.127 e. The number of nitrogens with zero attached hydrogens (tertiary/aromatic N) is 2. The summed E-state index contributed by atoms with van der Waals surface area (Å²) >= 11 is 6.04. The third-order valence-electron chi connectivity index (χ3n) is 2.27. The van der Waals surface area contributed by atoms with Gasteiger partial charge in [0.2, 0.25) is 0 Å². The van der Waals surface area contributed by atoms with Crippen LogP contribution in [0.25, 0.3) is 0 Å². The van der Waals surface area contributed by atoms with E-state index < -0.39 is 0 Å². The molecule has 1 aromatic heterocycles. The van der Waals surface area contributed by atoms with Gasteiger partial charge in [-0.2, -0.15) is 5.10 Å². The van der Waals surface area contributed by atoms with Crippen molar-refractivity contribution in [3.63, 3.8) is 0 Å². The maximum absolute atomic E-state index is 6.04. The SMILES string of the molecule is Cc1cccc(Cn2nc(C)cc2Cl)c1. The first-order valence-electron chi connectivity index (χ1n) is 4.90. The van der Waals surface area contributed by atoms with Crippen molar-refractivity contribution < 1.29 is 0 Å². The molecule has 0 fully saturated rings. The van der Waals surface area contributed by atoms with Crippen LogP contribution in [0.3, 0.4) is 0 Å². The molecule has 0 N–H and O–H groups in total. The highest BCUT2D eigenvalue weighted by Gasteiger charge is 2.03. The van der Waals surface area contributed by atoms with E-state index in [1.807, 2.05) is 17.7 Å². The summed E-state index contributed by atoms with van der Waals surface area (Å²) in [5.41, 5.74) is 3.43. The Kier molecular flexibility index (Phi) is 2.78. The van der Waals surface area contributed by atoms with Crippen LogP contribution in [0.1, 0.15) is 16.8 Å². The van der Waals surface area contributed by atoms with Gasteiger partial charge in [0.05, 0.1) is 12.2 Å². The Hall–Kier alpha value is -1.28. The number of benzene rings is 1.